The minimum Gasteiger partial charge on any atom is -0.493 e. The number of carbonyl (C=O) groups is 1. The van der Waals surface area contributed by atoms with Gasteiger partial charge in [-0.25, -0.2) is 0 Å². The van der Waals surface area contributed by atoms with Crippen molar-refractivity contribution >= 4 is 17.5 Å². The number of rotatable bonds is 10. The van der Waals surface area contributed by atoms with Crippen LogP contribution in [0.25, 0.3) is 11.5 Å². The van der Waals surface area contributed by atoms with Crippen LogP contribution in [-0.4, -0.2) is 54.2 Å². The Bertz CT molecular complexity index is 1030. The second-order valence-corrected chi connectivity index (χ2v) is 7.51. The number of nitrogens with zero attached hydrogens (tertiary/aromatic N) is 3. The zero-order valence-corrected chi connectivity index (χ0v) is 18.5. The number of ketones is 1. The molecule has 160 valence electrons. The van der Waals surface area contributed by atoms with Gasteiger partial charge in [-0.05, 0) is 38.1 Å². The van der Waals surface area contributed by atoms with Crippen molar-refractivity contribution in [2.75, 3.05) is 33.7 Å². The van der Waals surface area contributed by atoms with Gasteiger partial charge in [-0.15, -0.1) is 10.2 Å². The van der Waals surface area contributed by atoms with E-state index in [0.717, 1.165) is 11.4 Å². The molecule has 3 aromatic rings. The van der Waals surface area contributed by atoms with Gasteiger partial charge in [-0.2, -0.15) is 0 Å². The lowest BCUT2D eigenvalue weighted by molar-refractivity contribution is 0.102. The number of aryl methyl sites for hydroxylation is 1. The molecule has 0 aliphatic carbocycles. The smallest absolute Gasteiger partial charge is 0.277 e. The second kappa shape index (κ2) is 9.82. The van der Waals surface area contributed by atoms with E-state index in [1.54, 1.807) is 33.5 Å². The van der Waals surface area contributed by atoms with E-state index in [-0.39, 0.29) is 11.5 Å². The van der Waals surface area contributed by atoms with Crippen LogP contribution in [0, 0.1) is 13.8 Å². The van der Waals surface area contributed by atoms with Gasteiger partial charge in [-0.1, -0.05) is 11.8 Å². The monoisotopic (exact) mass is 431 g/mol. The largest absolute Gasteiger partial charge is 0.493 e. The fourth-order valence-corrected chi connectivity index (χ4v) is 3.82. The van der Waals surface area contributed by atoms with Crippen LogP contribution < -0.4 is 9.47 Å². The van der Waals surface area contributed by atoms with E-state index in [2.05, 4.69) is 14.8 Å². The summed E-state index contributed by atoms with van der Waals surface area (Å²) < 4.78 is 23.5. The average Bonchev–Trinajstić information content (AvgIpc) is 3.34. The van der Waals surface area contributed by atoms with E-state index in [9.17, 15) is 4.79 Å². The number of benzene rings is 1. The van der Waals surface area contributed by atoms with Crippen LogP contribution in [0.1, 0.15) is 21.7 Å². The first-order valence-electron chi connectivity index (χ1n) is 9.36. The van der Waals surface area contributed by atoms with Gasteiger partial charge in [0.05, 0.1) is 26.6 Å². The quantitative estimate of drug-likeness (QED) is 0.354. The molecule has 0 fully saturated rings. The number of aromatic nitrogens is 3. The normalized spacial score (nSPS) is 11.0. The lowest BCUT2D eigenvalue weighted by Gasteiger charge is -2.08. The minimum atomic E-state index is 0.0163. The highest BCUT2D eigenvalue weighted by atomic mass is 32.2. The van der Waals surface area contributed by atoms with Gasteiger partial charge in [0.2, 0.25) is 5.89 Å². The maximum absolute atomic E-state index is 12.7. The minimum absolute atomic E-state index is 0.0163. The molecular weight excluding hydrogens is 406 g/mol. The molecule has 0 spiro atoms. The van der Waals surface area contributed by atoms with Crippen LogP contribution in [0.5, 0.6) is 11.5 Å². The molecule has 0 saturated heterocycles. The maximum Gasteiger partial charge on any atom is 0.277 e. The first kappa shape index (κ1) is 21.9. The fraction of sp³-hybridized carbons (Fsp3) is 0.381. The molecule has 0 saturated carbocycles. The first-order chi connectivity index (χ1) is 14.5. The van der Waals surface area contributed by atoms with Crippen LogP contribution in [0.2, 0.25) is 0 Å². The van der Waals surface area contributed by atoms with Gasteiger partial charge < -0.3 is 23.2 Å². The van der Waals surface area contributed by atoms with Gasteiger partial charge in [-0.3, -0.25) is 4.79 Å². The Hall–Kier alpha value is -2.78. The highest BCUT2D eigenvalue weighted by Gasteiger charge is 2.18. The molecule has 0 unspecified atom stereocenters. The SMILES string of the molecule is COCCn1c(C)cc(C(=O)CSc2nnc(-c3ccc(OC)c(OC)c3)o2)c1C. The van der Waals surface area contributed by atoms with E-state index in [0.29, 0.717) is 46.9 Å². The maximum atomic E-state index is 12.7. The molecule has 2 heterocycles. The molecule has 3 rings (SSSR count). The molecule has 0 amide bonds. The third kappa shape index (κ3) is 4.68. The number of Topliss-reactive ketones (excluding diaryl/α,β-unsaturated/α-hetero) is 1. The van der Waals surface area contributed by atoms with E-state index in [4.69, 9.17) is 18.6 Å². The summed E-state index contributed by atoms with van der Waals surface area (Å²) in [6.07, 6.45) is 0. The molecule has 0 atom stereocenters. The van der Waals surface area contributed by atoms with Crippen LogP contribution in [0.15, 0.2) is 33.9 Å². The van der Waals surface area contributed by atoms with Crippen molar-refractivity contribution in [3.8, 4) is 23.0 Å². The summed E-state index contributed by atoms with van der Waals surface area (Å²) in [5.74, 6) is 1.76. The van der Waals surface area contributed by atoms with Crippen molar-refractivity contribution in [1.82, 2.24) is 14.8 Å². The van der Waals surface area contributed by atoms with Gasteiger partial charge in [0, 0.05) is 36.2 Å². The Morgan fingerprint density at radius 2 is 1.87 bits per heavy atom. The fourth-order valence-electron chi connectivity index (χ4n) is 3.17. The average molecular weight is 432 g/mol. The predicted octanol–water partition coefficient (Wildman–Crippen LogP) is 3.79. The Morgan fingerprint density at radius 1 is 1.10 bits per heavy atom. The van der Waals surface area contributed by atoms with E-state index >= 15 is 0 Å². The first-order valence-corrected chi connectivity index (χ1v) is 10.3. The summed E-state index contributed by atoms with van der Waals surface area (Å²) in [5, 5.41) is 8.45. The molecule has 0 aliphatic rings. The van der Waals surface area contributed by atoms with Crippen molar-refractivity contribution in [2.45, 2.75) is 25.6 Å². The second-order valence-electron chi connectivity index (χ2n) is 6.58. The summed E-state index contributed by atoms with van der Waals surface area (Å²) in [4.78, 5) is 12.7. The molecule has 2 aromatic heterocycles. The Labute approximate surface area is 179 Å². The summed E-state index contributed by atoms with van der Waals surface area (Å²) in [6, 6.07) is 7.26. The summed E-state index contributed by atoms with van der Waals surface area (Å²) in [6.45, 7) is 5.25. The van der Waals surface area contributed by atoms with Gasteiger partial charge in [0.25, 0.3) is 5.22 Å². The third-order valence-electron chi connectivity index (χ3n) is 4.76. The van der Waals surface area contributed by atoms with Crippen LogP contribution in [-0.2, 0) is 11.3 Å². The van der Waals surface area contributed by atoms with Gasteiger partial charge in [0.1, 0.15) is 0 Å². The number of hydrogen-bond donors (Lipinski definition) is 0. The van der Waals surface area contributed by atoms with E-state index < -0.39 is 0 Å². The van der Waals surface area contributed by atoms with Crippen molar-refractivity contribution in [3.63, 3.8) is 0 Å². The van der Waals surface area contributed by atoms with Crippen molar-refractivity contribution in [2.24, 2.45) is 0 Å². The highest BCUT2D eigenvalue weighted by Crippen LogP contribution is 2.32. The Balaban J connectivity index is 1.68. The molecule has 0 N–H and O–H groups in total. The van der Waals surface area contributed by atoms with Crippen LogP contribution in [0.3, 0.4) is 0 Å². The van der Waals surface area contributed by atoms with E-state index in [1.807, 2.05) is 26.0 Å². The summed E-state index contributed by atoms with van der Waals surface area (Å²) in [7, 11) is 4.80. The summed E-state index contributed by atoms with van der Waals surface area (Å²) in [5.41, 5.74) is 3.38. The molecule has 0 aliphatic heterocycles. The Morgan fingerprint density at radius 3 is 2.57 bits per heavy atom. The third-order valence-corrected chi connectivity index (χ3v) is 5.58. The zero-order chi connectivity index (χ0) is 21.7. The predicted molar refractivity (Wildman–Crippen MR) is 114 cm³/mol. The lowest BCUT2D eigenvalue weighted by atomic mass is 10.2. The number of ether oxygens (including phenoxy) is 3. The number of thioether (sulfide) groups is 1. The number of hydrogen-bond acceptors (Lipinski definition) is 8. The van der Waals surface area contributed by atoms with Crippen LogP contribution >= 0.6 is 11.8 Å². The molecule has 8 nitrogen and oxygen atoms in total. The molecule has 1 aromatic carbocycles. The number of methoxy groups -OCH3 is 3. The molecular formula is C21H25N3O5S. The molecule has 30 heavy (non-hydrogen) atoms. The highest BCUT2D eigenvalue weighted by molar-refractivity contribution is 7.99. The van der Waals surface area contributed by atoms with Gasteiger partial charge in [0.15, 0.2) is 17.3 Å². The van der Waals surface area contributed by atoms with Crippen molar-refractivity contribution in [3.05, 3.63) is 41.2 Å². The standard InChI is InChI=1S/C21H25N3O5S/c1-13-10-16(14(2)24(13)8-9-26-3)17(25)12-30-21-23-22-20(29-21)15-6-7-18(27-4)19(11-15)28-5/h6-7,10-11H,8-9,12H2,1-5H3. The Kier molecular flexibility index (Phi) is 7.17. The summed E-state index contributed by atoms with van der Waals surface area (Å²) >= 11 is 1.22. The molecule has 0 bridgehead atoms. The molecule has 0 radical (unpaired) electrons. The molecule has 9 heteroatoms. The van der Waals surface area contributed by atoms with E-state index in [1.165, 1.54) is 11.8 Å². The topological polar surface area (TPSA) is 88.6 Å². The van der Waals surface area contributed by atoms with Gasteiger partial charge >= 0.3 is 0 Å². The zero-order valence-electron chi connectivity index (χ0n) is 17.7. The number of carbonyl (C=O) groups excluding carboxylic acids is 1. The van der Waals surface area contributed by atoms with Crippen molar-refractivity contribution < 1.29 is 23.4 Å². The lowest BCUT2D eigenvalue weighted by Crippen LogP contribution is -2.09. The van der Waals surface area contributed by atoms with Crippen molar-refractivity contribution in [1.29, 1.82) is 0 Å². The van der Waals surface area contributed by atoms with Crippen LogP contribution in [0.4, 0.5) is 0 Å².